The summed E-state index contributed by atoms with van der Waals surface area (Å²) in [6.45, 7) is 3.33. The van der Waals surface area contributed by atoms with Gasteiger partial charge in [-0.05, 0) is 36.7 Å². The molecule has 1 saturated carbocycles. The van der Waals surface area contributed by atoms with Gasteiger partial charge >= 0.3 is 5.97 Å². The van der Waals surface area contributed by atoms with Crippen LogP contribution >= 0.6 is 0 Å². The Labute approximate surface area is 148 Å². The van der Waals surface area contributed by atoms with Crippen LogP contribution in [-0.2, 0) is 11.3 Å². The van der Waals surface area contributed by atoms with Crippen LogP contribution in [0.1, 0.15) is 30.7 Å². The average molecular weight is 339 g/mol. The number of carboxylic acids is 1. The van der Waals surface area contributed by atoms with E-state index in [4.69, 9.17) is 0 Å². The lowest BCUT2D eigenvalue weighted by Gasteiger charge is -2.38. The molecule has 5 heteroatoms. The van der Waals surface area contributed by atoms with Crippen LogP contribution in [0, 0.1) is 11.3 Å². The molecule has 2 heterocycles. The first-order chi connectivity index (χ1) is 12.2. The Hall–Kier alpha value is -2.14. The fourth-order valence-electron chi connectivity index (χ4n) is 4.78. The predicted molar refractivity (Wildman–Crippen MR) is 95.3 cm³/mol. The number of imidazole rings is 1. The summed E-state index contributed by atoms with van der Waals surface area (Å²) in [6, 6.07) is 10.6. The maximum atomic E-state index is 12.1. The molecule has 3 atom stereocenters. The minimum absolute atomic E-state index is 0.242. The first kappa shape index (κ1) is 16.3. The summed E-state index contributed by atoms with van der Waals surface area (Å²) in [6.07, 6.45) is 8.31. The number of aliphatic carboxylic acids is 1. The molecule has 2 fully saturated rings. The highest BCUT2D eigenvalue weighted by Gasteiger charge is 2.54. The molecule has 1 aromatic heterocycles. The summed E-state index contributed by atoms with van der Waals surface area (Å²) in [5, 5.41) is 9.98. The summed E-state index contributed by atoms with van der Waals surface area (Å²) >= 11 is 0. The van der Waals surface area contributed by atoms with Crippen LogP contribution in [0.25, 0.3) is 0 Å². The minimum atomic E-state index is -0.603. The van der Waals surface area contributed by atoms with E-state index < -0.39 is 11.4 Å². The van der Waals surface area contributed by atoms with Crippen molar-refractivity contribution in [2.45, 2.75) is 31.7 Å². The van der Waals surface area contributed by atoms with E-state index in [0.29, 0.717) is 12.5 Å². The largest absolute Gasteiger partial charge is 0.481 e. The zero-order valence-corrected chi connectivity index (χ0v) is 14.4. The molecule has 0 bridgehead atoms. The molecule has 2 aliphatic rings. The summed E-state index contributed by atoms with van der Waals surface area (Å²) in [5.74, 6) is 0.133. The van der Waals surface area contributed by atoms with E-state index in [9.17, 15) is 9.90 Å². The quantitative estimate of drug-likeness (QED) is 0.910. The average Bonchev–Trinajstić information content (AvgIpc) is 3.28. The van der Waals surface area contributed by atoms with E-state index >= 15 is 0 Å². The van der Waals surface area contributed by atoms with E-state index in [-0.39, 0.29) is 5.92 Å². The zero-order chi connectivity index (χ0) is 17.3. The highest BCUT2D eigenvalue weighted by molar-refractivity contribution is 5.76. The molecule has 0 unspecified atom stereocenters. The molecule has 0 radical (unpaired) electrons. The third-order valence-electron chi connectivity index (χ3n) is 6.20. The van der Waals surface area contributed by atoms with Gasteiger partial charge in [-0.2, -0.15) is 0 Å². The number of likely N-dealkylation sites (tertiary alicyclic amines) is 1. The number of nitrogens with zero attached hydrogens (tertiary/aromatic N) is 3. The summed E-state index contributed by atoms with van der Waals surface area (Å²) < 4.78 is 2.06. The van der Waals surface area contributed by atoms with Crippen molar-refractivity contribution < 1.29 is 9.90 Å². The van der Waals surface area contributed by atoms with Crippen molar-refractivity contribution in [3.05, 3.63) is 54.6 Å². The number of rotatable bonds is 5. The molecular weight excluding hydrogens is 314 g/mol. The summed E-state index contributed by atoms with van der Waals surface area (Å²) in [4.78, 5) is 18.6. The van der Waals surface area contributed by atoms with Crippen molar-refractivity contribution in [2.75, 3.05) is 19.6 Å². The smallest absolute Gasteiger partial charge is 0.311 e. The Morgan fingerprint density at radius 1 is 1.28 bits per heavy atom. The number of benzene rings is 1. The van der Waals surface area contributed by atoms with Crippen LogP contribution in [0.3, 0.4) is 0 Å². The standard InChI is InChI=1S/C20H25N3O2/c24-19(25)20-7-6-17(16-4-2-1-3-5-16)12-18(20)13-23(14-20)11-10-22-9-8-21-15-22/h1-5,8-9,15,17-18H,6-7,10-14H2,(H,24,25)/t17-,18-,20-/m1/s1. The van der Waals surface area contributed by atoms with Gasteiger partial charge in [0.25, 0.3) is 0 Å². The number of carboxylic acid groups (broad SMARTS) is 1. The number of aromatic nitrogens is 2. The maximum absolute atomic E-state index is 12.1. The van der Waals surface area contributed by atoms with Gasteiger partial charge in [-0.25, -0.2) is 4.98 Å². The molecule has 5 nitrogen and oxygen atoms in total. The topological polar surface area (TPSA) is 58.4 Å². The van der Waals surface area contributed by atoms with Crippen molar-refractivity contribution in [1.82, 2.24) is 14.5 Å². The van der Waals surface area contributed by atoms with Crippen LogP contribution in [0.2, 0.25) is 0 Å². The summed E-state index contributed by atoms with van der Waals surface area (Å²) in [5.41, 5.74) is 0.804. The van der Waals surface area contributed by atoms with E-state index in [1.54, 1.807) is 6.20 Å². The van der Waals surface area contributed by atoms with Gasteiger partial charge in [0.15, 0.2) is 0 Å². The highest BCUT2D eigenvalue weighted by Crippen LogP contribution is 2.51. The predicted octanol–water partition coefficient (Wildman–Crippen LogP) is 2.85. The molecule has 4 rings (SSSR count). The van der Waals surface area contributed by atoms with Gasteiger partial charge in [0.05, 0.1) is 11.7 Å². The minimum Gasteiger partial charge on any atom is -0.481 e. The second kappa shape index (κ2) is 6.64. The lowest BCUT2D eigenvalue weighted by Crippen LogP contribution is -2.42. The van der Waals surface area contributed by atoms with Gasteiger partial charge in [0, 0.05) is 38.6 Å². The van der Waals surface area contributed by atoms with Gasteiger partial charge in [-0.3, -0.25) is 4.79 Å². The fraction of sp³-hybridized carbons (Fsp3) is 0.500. The molecule has 25 heavy (non-hydrogen) atoms. The van der Waals surface area contributed by atoms with Gasteiger partial charge in [-0.1, -0.05) is 30.3 Å². The number of fused-ring (bicyclic) bond motifs is 1. The molecule has 0 spiro atoms. The van der Waals surface area contributed by atoms with Gasteiger partial charge in [0.1, 0.15) is 0 Å². The first-order valence-corrected chi connectivity index (χ1v) is 9.14. The van der Waals surface area contributed by atoms with Crippen LogP contribution in [0.15, 0.2) is 49.1 Å². The van der Waals surface area contributed by atoms with E-state index in [2.05, 4.69) is 38.7 Å². The Balaban J connectivity index is 1.47. The van der Waals surface area contributed by atoms with Crippen LogP contribution < -0.4 is 0 Å². The number of hydrogen-bond acceptors (Lipinski definition) is 3. The Kier molecular flexibility index (Phi) is 4.34. The molecule has 1 aromatic carbocycles. The third-order valence-corrected chi connectivity index (χ3v) is 6.20. The van der Waals surface area contributed by atoms with Crippen molar-refractivity contribution >= 4 is 5.97 Å². The van der Waals surface area contributed by atoms with Gasteiger partial charge in [-0.15, -0.1) is 0 Å². The van der Waals surface area contributed by atoms with Crippen molar-refractivity contribution in [2.24, 2.45) is 11.3 Å². The molecule has 1 aliphatic heterocycles. The Morgan fingerprint density at radius 2 is 2.12 bits per heavy atom. The molecule has 132 valence electrons. The Bertz CT molecular complexity index is 716. The normalized spacial score (nSPS) is 29.4. The fourth-order valence-corrected chi connectivity index (χ4v) is 4.78. The third kappa shape index (κ3) is 3.09. The van der Waals surface area contributed by atoms with Crippen molar-refractivity contribution in [3.8, 4) is 0 Å². The molecule has 1 N–H and O–H groups in total. The zero-order valence-electron chi connectivity index (χ0n) is 14.4. The van der Waals surface area contributed by atoms with E-state index in [0.717, 1.165) is 38.9 Å². The molecule has 0 amide bonds. The van der Waals surface area contributed by atoms with Crippen LogP contribution in [0.4, 0.5) is 0 Å². The van der Waals surface area contributed by atoms with Crippen LogP contribution in [-0.4, -0.2) is 45.2 Å². The van der Waals surface area contributed by atoms with Crippen LogP contribution in [0.5, 0.6) is 0 Å². The molecule has 1 aliphatic carbocycles. The Morgan fingerprint density at radius 3 is 2.84 bits per heavy atom. The monoisotopic (exact) mass is 339 g/mol. The lowest BCUT2D eigenvalue weighted by molar-refractivity contribution is -0.152. The van der Waals surface area contributed by atoms with Gasteiger partial charge in [0.2, 0.25) is 0 Å². The van der Waals surface area contributed by atoms with E-state index in [1.165, 1.54) is 5.56 Å². The molecule has 2 aromatic rings. The molecular formula is C20H25N3O2. The highest BCUT2D eigenvalue weighted by atomic mass is 16.4. The lowest BCUT2D eigenvalue weighted by atomic mass is 9.64. The maximum Gasteiger partial charge on any atom is 0.311 e. The van der Waals surface area contributed by atoms with Crippen molar-refractivity contribution in [1.29, 1.82) is 0 Å². The second-order valence-corrected chi connectivity index (χ2v) is 7.58. The van der Waals surface area contributed by atoms with Gasteiger partial charge < -0.3 is 14.6 Å². The summed E-state index contributed by atoms with van der Waals surface area (Å²) in [7, 11) is 0. The first-order valence-electron chi connectivity index (χ1n) is 9.14. The van der Waals surface area contributed by atoms with E-state index in [1.807, 2.05) is 18.6 Å². The number of hydrogen-bond donors (Lipinski definition) is 1. The number of carbonyl (C=O) groups is 1. The van der Waals surface area contributed by atoms with Crippen molar-refractivity contribution in [3.63, 3.8) is 0 Å². The second-order valence-electron chi connectivity index (χ2n) is 7.58. The molecule has 1 saturated heterocycles. The SMILES string of the molecule is O=C(O)[C@@]12CC[C@@H](c3ccccc3)C[C@@H]1CN(CCn1ccnc1)C2.